The van der Waals surface area contributed by atoms with Crippen molar-refractivity contribution in [1.82, 2.24) is 15.6 Å². The Bertz CT molecular complexity index is 363. The number of carbonyl (C=O) groups is 1. The highest BCUT2D eigenvalue weighted by Crippen LogP contribution is 2.03. The van der Waals surface area contributed by atoms with Gasteiger partial charge in [-0.05, 0) is 24.1 Å². The molecule has 0 saturated carbocycles. The number of nitrogens with zero attached hydrogens (tertiary/aromatic N) is 1. The number of aromatic nitrogens is 1. The molecule has 1 heterocycles. The van der Waals surface area contributed by atoms with Gasteiger partial charge in [-0.15, -0.1) is 6.58 Å². The van der Waals surface area contributed by atoms with Crippen molar-refractivity contribution < 1.29 is 4.79 Å². The maximum Gasteiger partial charge on any atom is 0.234 e. The topological polar surface area (TPSA) is 54.0 Å². The zero-order valence-corrected chi connectivity index (χ0v) is 9.49. The maximum atomic E-state index is 11.4. The van der Waals surface area contributed by atoms with Gasteiger partial charge in [0.05, 0.1) is 6.54 Å². The molecular formula is C12H17N3O. The van der Waals surface area contributed by atoms with Gasteiger partial charge in [0.25, 0.3) is 0 Å². The van der Waals surface area contributed by atoms with Crippen molar-refractivity contribution >= 4 is 5.91 Å². The van der Waals surface area contributed by atoms with Crippen LogP contribution >= 0.6 is 0 Å². The standard InChI is InChI=1S/C12H17N3O/c1-3-5-13-9-12(16)15-8-11-7-14-6-4-10(11)2/h3-4,6-7,13H,1,5,8-9H2,2H3,(H,15,16). The lowest BCUT2D eigenvalue weighted by molar-refractivity contribution is -0.120. The molecule has 1 aromatic rings. The van der Waals surface area contributed by atoms with Gasteiger partial charge in [-0.3, -0.25) is 9.78 Å². The van der Waals surface area contributed by atoms with Gasteiger partial charge in [0.2, 0.25) is 5.91 Å². The van der Waals surface area contributed by atoms with Gasteiger partial charge in [-0.2, -0.15) is 0 Å². The van der Waals surface area contributed by atoms with Gasteiger partial charge in [0.15, 0.2) is 0 Å². The number of amides is 1. The molecule has 0 atom stereocenters. The smallest absolute Gasteiger partial charge is 0.234 e. The Balaban J connectivity index is 2.31. The summed E-state index contributed by atoms with van der Waals surface area (Å²) in [6.45, 7) is 7.03. The van der Waals surface area contributed by atoms with E-state index in [0.29, 0.717) is 19.6 Å². The lowest BCUT2D eigenvalue weighted by Crippen LogP contribution is -2.33. The van der Waals surface area contributed by atoms with Gasteiger partial charge >= 0.3 is 0 Å². The van der Waals surface area contributed by atoms with E-state index >= 15 is 0 Å². The quantitative estimate of drug-likeness (QED) is 0.549. The molecule has 0 aliphatic carbocycles. The van der Waals surface area contributed by atoms with Crippen LogP contribution in [0.4, 0.5) is 0 Å². The summed E-state index contributed by atoms with van der Waals surface area (Å²) in [7, 11) is 0. The largest absolute Gasteiger partial charge is 0.351 e. The first kappa shape index (κ1) is 12.4. The van der Waals surface area contributed by atoms with E-state index in [-0.39, 0.29) is 5.91 Å². The van der Waals surface area contributed by atoms with E-state index in [1.54, 1.807) is 18.5 Å². The molecule has 1 amide bonds. The number of nitrogens with one attached hydrogen (secondary N) is 2. The Morgan fingerprint density at radius 2 is 2.44 bits per heavy atom. The third-order valence-electron chi connectivity index (χ3n) is 2.20. The fourth-order valence-electron chi connectivity index (χ4n) is 1.23. The molecule has 16 heavy (non-hydrogen) atoms. The minimum Gasteiger partial charge on any atom is -0.351 e. The summed E-state index contributed by atoms with van der Waals surface area (Å²) in [5, 5.41) is 5.76. The van der Waals surface area contributed by atoms with Crippen LogP contribution in [0.2, 0.25) is 0 Å². The van der Waals surface area contributed by atoms with E-state index in [2.05, 4.69) is 22.2 Å². The van der Waals surface area contributed by atoms with E-state index < -0.39 is 0 Å². The van der Waals surface area contributed by atoms with Crippen LogP contribution in [0.15, 0.2) is 31.1 Å². The van der Waals surface area contributed by atoms with Gasteiger partial charge in [0.1, 0.15) is 0 Å². The second-order valence-corrected chi connectivity index (χ2v) is 3.50. The van der Waals surface area contributed by atoms with Crippen molar-refractivity contribution in [1.29, 1.82) is 0 Å². The Kier molecular flexibility index (Phi) is 5.22. The molecule has 0 spiro atoms. The van der Waals surface area contributed by atoms with Crippen LogP contribution in [0.25, 0.3) is 0 Å². The van der Waals surface area contributed by atoms with Gasteiger partial charge < -0.3 is 10.6 Å². The third kappa shape index (κ3) is 4.23. The molecule has 1 aromatic heterocycles. The predicted molar refractivity (Wildman–Crippen MR) is 63.9 cm³/mol. The van der Waals surface area contributed by atoms with E-state index in [1.807, 2.05) is 13.0 Å². The number of pyridine rings is 1. The molecule has 0 fully saturated rings. The third-order valence-corrected chi connectivity index (χ3v) is 2.20. The fraction of sp³-hybridized carbons (Fsp3) is 0.333. The number of aryl methyl sites for hydroxylation is 1. The molecule has 0 aliphatic rings. The Hall–Kier alpha value is -1.68. The van der Waals surface area contributed by atoms with E-state index in [9.17, 15) is 4.79 Å². The summed E-state index contributed by atoms with van der Waals surface area (Å²) in [6.07, 6.45) is 5.23. The first-order valence-corrected chi connectivity index (χ1v) is 5.22. The van der Waals surface area contributed by atoms with Crippen molar-refractivity contribution in [2.75, 3.05) is 13.1 Å². The molecule has 0 bridgehead atoms. The highest BCUT2D eigenvalue weighted by Gasteiger charge is 2.01. The van der Waals surface area contributed by atoms with E-state index in [1.165, 1.54) is 0 Å². The molecule has 0 aliphatic heterocycles. The number of carbonyl (C=O) groups excluding carboxylic acids is 1. The molecule has 0 aromatic carbocycles. The minimum absolute atomic E-state index is 0.0231. The molecule has 4 nitrogen and oxygen atoms in total. The minimum atomic E-state index is -0.0231. The summed E-state index contributed by atoms with van der Waals surface area (Å²) in [4.78, 5) is 15.4. The molecule has 0 saturated heterocycles. The highest BCUT2D eigenvalue weighted by molar-refractivity contribution is 5.78. The van der Waals surface area contributed by atoms with Gasteiger partial charge in [-0.25, -0.2) is 0 Å². The average molecular weight is 219 g/mol. The van der Waals surface area contributed by atoms with Crippen LogP contribution < -0.4 is 10.6 Å². The number of hydrogen-bond acceptors (Lipinski definition) is 3. The molecule has 86 valence electrons. The Labute approximate surface area is 95.8 Å². The summed E-state index contributed by atoms with van der Waals surface area (Å²) in [5.74, 6) is -0.0231. The molecule has 1 rings (SSSR count). The predicted octanol–water partition coefficient (Wildman–Crippen LogP) is 0.782. The molecule has 0 unspecified atom stereocenters. The lowest BCUT2D eigenvalue weighted by Gasteiger charge is -2.07. The van der Waals surface area contributed by atoms with Crippen LogP contribution in [0.5, 0.6) is 0 Å². The van der Waals surface area contributed by atoms with Crippen LogP contribution in [-0.4, -0.2) is 24.0 Å². The zero-order chi connectivity index (χ0) is 11.8. The summed E-state index contributed by atoms with van der Waals surface area (Å²) in [5.41, 5.74) is 2.17. The number of hydrogen-bond donors (Lipinski definition) is 2. The molecule has 2 N–H and O–H groups in total. The second kappa shape index (κ2) is 6.74. The second-order valence-electron chi connectivity index (χ2n) is 3.50. The van der Waals surface area contributed by atoms with Crippen molar-refractivity contribution in [3.05, 3.63) is 42.2 Å². The van der Waals surface area contributed by atoms with Crippen molar-refractivity contribution in [3.8, 4) is 0 Å². The van der Waals surface area contributed by atoms with Crippen molar-refractivity contribution in [2.24, 2.45) is 0 Å². The lowest BCUT2D eigenvalue weighted by atomic mass is 10.1. The molecule has 4 heteroatoms. The van der Waals surface area contributed by atoms with Crippen LogP contribution in [0, 0.1) is 6.92 Å². The normalized spacial score (nSPS) is 9.81. The van der Waals surface area contributed by atoms with Crippen molar-refractivity contribution in [3.63, 3.8) is 0 Å². The zero-order valence-electron chi connectivity index (χ0n) is 9.49. The number of rotatable bonds is 6. The Morgan fingerprint density at radius 1 is 1.62 bits per heavy atom. The highest BCUT2D eigenvalue weighted by atomic mass is 16.1. The summed E-state index contributed by atoms with van der Waals surface area (Å²) >= 11 is 0. The Morgan fingerprint density at radius 3 is 3.12 bits per heavy atom. The fourth-order valence-corrected chi connectivity index (χ4v) is 1.23. The van der Waals surface area contributed by atoms with E-state index in [4.69, 9.17) is 0 Å². The van der Waals surface area contributed by atoms with Gasteiger partial charge in [-0.1, -0.05) is 6.08 Å². The monoisotopic (exact) mass is 219 g/mol. The van der Waals surface area contributed by atoms with Crippen molar-refractivity contribution in [2.45, 2.75) is 13.5 Å². The molecular weight excluding hydrogens is 202 g/mol. The average Bonchev–Trinajstić information content (AvgIpc) is 2.28. The van der Waals surface area contributed by atoms with Crippen LogP contribution in [-0.2, 0) is 11.3 Å². The van der Waals surface area contributed by atoms with E-state index in [0.717, 1.165) is 11.1 Å². The van der Waals surface area contributed by atoms with Gasteiger partial charge in [0, 0.05) is 25.5 Å². The summed E-state index contributed by atoms with van der Waals surface area (Å²) in [6, 6.07) is 1.93. The first-order valence-electron chi connectivity index (χ1n) is 5.22. The van der Waals surface area contributed by atoms with Crippen LogP contribution in [0.1, 0.15) is 11.1 Å². The maximum absolute atomic E-state index is 11.4. The molecule has 0 radical (unpaired) electrons. The first-order chi connectivity index (χ1) is 7.74. The SMILES string of the molecule is C=CCNCC(=O)NCc1cnccc1C. The summed E-state index contributed by atoms with van der Waals surface area (Å²) < 4.78 is 0. The van der Waals surface area contributed by atoms with Crippen LogP contribution in [0.3, 0.4) is 0 Å².